The average Bonchev–Trinajstić information content (AvgIpc) is 2.21. The maximum Gasteiger partial charge on any atom is 0.310 e. The van der Waals surface area contributed by atoms with Crippen molar-refractivity contribution in [2.75, 3.05) is 0 Å². The van der Waals surface area contributed by atoms with Crippen LogP contribution in [-0.2, 0) is 9.59 Å². The van der Waals surface area contributed by atoms with E-state index in [4.69, 9.17) is 0 Å². The molecule has 0 aromatic heterocycles. The largest absolute Gasteiger partial charge is 0.481 e. The van der Waals surface area contributed by atoms with Crippen molar-refractivity contribution in [1.29, 1.82) is 0 Å². The zero-order valence-electron chi connectivity index (χ0n) is 11.6. The molecule has 1 aliphatic carbocycles. The molecule has 0 aliphatic heterocycles. The first kappa shape index (κ1) is 15.0. The van der Waals surface area contributed by atoms with E-state index in [1.807, 2.05) is 6.92 Å². The number of aliphatic carboxylic acids is 2. The van der Waals surface area contributed by atoms with Crippen molar-refractivity contribution in [2.24, 2.45) is 29.1 Å². The molecule has 1 fully saturated rings. The number of hydrogen-bond acceptors (Lipinski definition) is 2. The summed E-state index contributed by atoms with van der Waals surface area (Å²) in [4.78, 5) is 22.9. The first-order valence-electron chi connectivity index (χ1n) is 6.65. The zero-order valence-corrected chi connectivity index (χ0v) is 11.6. The van der Waals surface area contributed by atoms with Gasteiger partial charge < -0.3 is 10.2 Å². The standard InChI is InChI=1S/C14H24O4/c1-8(2)5-10-6-9(3)14(4,13(17)18)11(7-10)12(15)16/h8-11H,5-7H2,1-4H3,(H,15,16)(H,17,18). The van der Waals surface area contributed by atoms with E-state index in [9.17, 15) is 19.8 Å². The van der Waals surface area contributed by atoms with Crippen LogP contribution in [0.4, 0.5) is 0 Å². The van der Waals surface area contributed by atoms with E-state index in [1.165, 1.54) is 0 Å². The van der Waals surface area contributed by atoms with Gasteiger partial charge in [-0.2, -0.15) is 0 Å². The topological polar surface area (TPSA) is 74.6 Å². The van der Waals surface area contributed by atoms with Gasteiger partial charge in [-0.1, -0.05) is 20.8 Å². The third-order valence-electron chi connectivity index (χ3n) is 4.57. The van der Waals surface area contributed by atoms with Crippen LogP contribution in [0.15, 0.2) is 0 Å². The van der Waals surface area contributed by atoms with Gasteiger partial charge in [0, 0.05) is 0 Å². The predicted molar refractivity (Wildman–Crippen MR) is 68.2 cm³/mol. The second kappa shape index (κ2) is 5.29. The molecule has 1 saturated carbocycles. The minimum Gasteiger partial charge on any atom is -0.481 e. The van der Waals surface area contributed by atoms with Crippen molar-refractivity contribution in [3.63, 3.8) is 0 Å². The monoisotopic (exact) mass is 256 g/mol. The van der Waals surface area contributed by atoms with Gasteiger partial charge in [0.25, 0.3) is 0 Å². The Hall–Kier alpha value is -1.06. The molecule has 0 saturated heterocycles. The summed E-state index contributed by atoms with van der Waals surface area (Å²) >= 11 is 0. The maximum absolute atomic E-state index is 11.5. The molecular weight excluding hydrogens is 232 g/mol. The fourth-order valence-electron chi connectivity index (χ4n) is 3.34. The molecule has 1 rings (SSSR count). The molecule has 4 unspecified atom stereocenters. The van der Waals surface area contributed by atoms with Crippen LogP contribution in [0.25, 0.3) is 0 Å². The SMILES string of the molecule is CC(C)CC1CC(C)C(C)(C(=O)O)C(C(=O)O)C1. The molecule has 0 spiro atoms. The Morgan fingerprint density at radius 1 is 1.28 bits per heavy atom. The minimum absolute atomic E-state index is 0.103. The summed E-state index contributed by atoms with van der Waals surface area (Å²) in [5.74, 6) is -1.99. The van der Waals surface area contributed by atoms with Crippen molar-refractivity contribution in [1.82, 2.24) is 0 Å². The van der Waals surface area contributed by atoms with Gasteiger partial charge in [-0.15, -0.1) is 0 Å². The fourth-order valence-corrected chi connectivity index (χ4v) is 3.34. The Morgan fingerprint density at radius 2 is 1.83 bits per heavy atom. The molecular formula is C14H24O4. The van der Waals surface area contributed by atoms with E-state index >= 15 is 0 Å². The summed E-state index contributed by atoms with van der Waals surface area (Å²) in [6.07, 6.45) is 2.27. The molecule has 1 aliphatic rings. The van der Waals surface area contributed by atoms with Crippen LogP contribution < -0.4 is 0 Å². The number of hydrogen-bond donors (Lipinski definition) is 2. The predicted octanol–water partition coefficient (Wildman–Crippen LogP) is 2.87. The molecule has 104 valence electrons. The molecule has 18 heavy (non-hydrogen) atoms. The summed E-state index contributed by atoms with van der Waals surface area (Å²) in [5, 5.41) is 18.7. The normalized spacial score (nSPS) is 36.6. The second-order valence-electron chi connectivity index (χ2n) is 6.35. The Kier molecular flexibility index (Phi) is 4.41. The van der Waals surface area contributed by atoms with Gasteiger partial charge in [-0.05, 0) is 43.9 Å². The van der Waals surface area contributed by atoms with Gasteiger partial charge in [0.2, 0.25) is 0 Å². The van der Waals surface area contributed by atoms with Crippen molar-refractivity contribution in [3.8, 4) is 0 Å². The first-order chi connectivity index (χ1) is 8.19. The lowest BCUT2D eigenvalue weighted by Crippen LogP contribution is -2.49. The van der Waals surface area contributed by atoms with Gasteiger partial charge in [-0.25, -0.2) is 0 Å². The smallest absolute Gasteiger partial charge is 0.310 e. The highest BCUT2D eigenvalue weighted by Gasteiger charge is 2.53. The van der Waals surface area contributed by atoms with E-state index in [1.54, 1.807) is 6.92 Å². The van der Waals surface area contributed by atoms with E-state index in [0.717, 1.165) is 12.8 Å². The van der Waals surface area contributed by atoms with E-state index < -0.39 is 23.3 Å². The summed E-state index contributed by atoms with van der Waals surface area (Å²) in [6.45, 7) is 7.69. The van der Waals surface area contributed by atoms with E-state index in [2.05, 4.69) is 13.8 Å². The zero-order chi connectivity index (χ0) is 14.1. The van der Waals surface area contributed by atoms with Crippen LogP contribution in [0.3, 0.4) is 0 Å². The molecule has 0 radical (unpaired) electrons. The number of rotatable bonds is 4. The Balaban J connectivity index is 2.97. The summed E-state index contributed by atoms with van der Waals surface area (Å²) in [7, 11) is 0. The molecule has 0 amide bonds. The first-order valence-corrected chi connectivity index (χ1v) is 6.65. The molecule has 4 heteroatoms. The highest BCUT2D eigenvalue weighted by molar-refractivity contribution is 5.83. The number of carbonyl (C=O) groups is 2. The molecule has 2 N–H and O–H groups in total. The van der Waals surface area contributed by atoms with Crippen LogP contribution >= 0.6 is 0 Å². The van der Waals surface area contributed by atoms with Gasteiger partial charge in [0.1, 0.15) is 0 Å². The highest BCUT2D eigenvalue weighted by Crippen LogP contribution is 2.49. The molecule has 4 atom stereocenters. The lowest BCUT2D eigenvalue weighted by Gasteiger charge is -2.44. The quantitative estimate of drug-likeness (QED) is 0.811. The summed E-state index contributed by atoms with van der Waals surface area (Å²) in [6, 6.07) is 0. The molecule has 0 aromatic carbocycles. The van der Waals surface area contributed by atoms with Crippen molar-refractivity contribution in [2.45, 2.75) is 47.0 Å². The molecule has 0 aromatic rings. The average molecular weight is 256 g/mol. The maximum atomic E-state index is 11.5. The summed E-state index contributed by atoms with van der Waals surface area (Å²) < 4.78 is 0. The van der Waals surface area contributed by atoms with Gasteiger partial charge in [0.15, 0.2) is 0 Å². The third-order valence-corrected chi connectivity index (χ3v) is 4.57. The number of carboxylic acid groups (broad SMARTS) is 2. The van der Waals surface area contributed by atoms with E-state index in [-0.39, 0.29) is 5.92 Å². The van der Waals surface area contributed by atoms with E-state index in [0.29, 0.717) is 18.3 Å². The fraction of sp³-hybridized carbons (Fsp3) is 0.857. The Morgan fingerprint density at radius 3 is 2.22 bits per heavy atom. The Labute approximate surface area is 108 Å². The molecule has 4 nitrogen and oxygen atoms in total. The summed E-state index contributed by atoms with van der Waals surface area (Å²) in [5.41, 5.74) is -1.14. The van der Waals surface area contributed by atoms with Crippen molar-refractivity contribution >= 4 is 11.9 Å². The van der Waals surface area contributed by atoms with Crippen LogP contribution in [0.2, 0.25) is 0 Å². The lowest BCUT2D eigenvalue weighted by molar-refractivity contribution is -0.171. The minimum atomic E-state index is -1.14. The number of carboxylic acids is 2. The third kappa shape index (κ3) is 2.68. The Bertz CT molecular complexity index is 337. The van der Waals surface area contributed by atoms with Gasteiger partial charge >= 0.3 is 11.9 Å². The van der Waals surface area contributed by atoms with Crippen LogP contribution in [-0.4, -0.2) is 22.2 Å². The highest BCUT2D eigenvalue weighted by atomic mass is 16.4. The van der Waals surface area contributed by atoms with Crippen LogP contribution in [0.1, 0.15) is 47.0 Å². The van der Waals surface area contributed by atoms with Crippen LogP contribution in [0, 0.1) is 29.1 Å². The van der Waals surface area contributed by atoms with Gasteiger partial charge in [0.05, 0.1) is 11.3 Å². The van der Waals surface area contributed by atoms with Gasteiger partial charge in [-0.3, -0.25) is 9.59 Å². The molecule has 0 heterocycles. The lowest BCUT2D eigenvalue weighted by atomic mass is 9.58. The molecule has 0 bridgehead atoms. The second-order valence-corrected chi connectivity index (χ2v) is 6.35. The van der Waals surface area contributed by atoms with Crippen LogP contribution in [0.5, 0.6) is 0 Å². The van der Waals surface area contributed by atoms with Crippen molar-refractivity contribution < 1.29 is 19.8 Å². The van der Waals surface area contributed by atoms with Crippen molar-refractivity contribution in [3.05, 3.63) is 0 Å².